The van der Waals surface area contributed by atoms with Crippen LogP contribution in [0.25, 0.3) is 0 Å². The van der Waals surface area contributed by atoms with E-state index in [1.807, 2.05) is 24.9 Å². The van der Waals surface area contributed by atoms with Crippen LogP contribution in [0.3, 0.4) is 0 Å². The van der Waals surface area contributed by atoms with E-state index in [1.54, 1.807) is 11.3 Å². The molecule has 0 saturated carbocycles. The Balaban J connectivity index is 0.00000264. The molecule has 0 atom stereocenters. The summed E-state index contributed by atoms with van der Waals surface area (Å²) in [7, 11) is 0. The fourth-order valence-electron chi connectivity index (χ4n) is 2.38. The third kappa shape index (κ3) is 7.03. The van der Waals surface area contributed by atoms with Gasteiger partial charge >= 0.3 is 0 Å². The van der Waals surface area contributed by atoms with Gasteiger partial charge in [-0.15, -0.1) is 35.3 Å². The summed E-state index contributed by atoms with van der Waals surface area (Å²) in [6.07, 6.45) is 4.65. The number of rotatable bonds is 6. The first kappa shape index (κ1) is 20.1. The monoisotopic (exact) mass is 451 g/mol. The lowest BCUT2D eigenvalue weighted by Gasteiger charge is -2.16. The van der Waals surface area contributed by atoms with Crippen LogP contribution in [0.15, 0.2) is 11.2 Å². The number of carbonyl (C=O) groups excluding carboxylic acids is 1. The molecule has 23 heavy (non-hydrogen) atoms. The number of amides is 1. The van der Waals surface area contributed by atoms with Gasteiger partial charge in [-0.05, 0) is 26.7 Å². The molecule has 1 aliphatic rings. The van der Waals surface area contributed by atoms with Crippen molar-refractivity contribution in [3.63, 3.8) is 0 Å². The highest BCUT2D eigenvalue weighted by Crippen LogP contribution is 2.11. The Morgan fingerprint density at radius 3 is 2.74 bits per heavy atom. The van der Waals surface area contributed by atoms with E-state index in [2.05, 4.69) is 20.6 Å². The summed E-state index contributed by atoms with van der Waals surface area (Å²) in [6, 6.07) is 0. The van der Waals surface area contributed by atoms with Crippen LogP contribution in [0.5, 0.6) is 0 Å². The number of nitrogens with one attached hydrogen (secondary N) is 2. The molecule has 0 radical (unpaired) electrons. The molecule has 2 N–H and O–H groups in total. The molecular weight excluding hydrogens is 425 g/mol. The fraction of sp³-hybridized carbons (Fsp3) is 0.667. The van der Waals surface area contributed by atoms with Crippen molar-refractivity contribution in [2.45, 2.75) is 39.7 Å². The number of aryl methyl sites for hydroxylation is 1. The molecule has 1 fully saturated rings. The Labute approximate surface area is 159 Å². The Morgan fingerprint density at radius 2 is 2.13 bits per heavy atom. The average Bonchev–Trinajstić information content (AvgIpc) is 3.16. The number of hydrogen-bond donors (Lipinski definition) is 2. The molecule has 1 aromatic rings. The van der Waals surface area contributed by atoms with Crippen molar-refractivity contribution in [3.05, 3.63) is 16.1 Å². The lowest BCUT2D eigenvalue weighted by atomic mass is 10.3. The molecule has 2 rings (SSSR count). The predicted octanol–water partition coefficient (Wildman–Crippen LogP) is 2.14. The van der Waals surface area contributed by atoms with Gasteiger partial charge in [-0.3, -0.25) is 4.79 Å². The van der Waals surface area contributed by atoms with E-state index in [-0.39, 0.29) is 29.9 Å². The largest absolute Gasteiger partial charge is 0.357 e. The highest BCUT2D eigenvalue weighted by Gasteiger charge is 2.17. The summed E-state index contributed by atoms with van der Waals surface area (Å²) in [5, 5.41) is 7.42. The minimum absolute atomic E-state index is 0. The van der Waals surface area contributed by atoms with Crippen LogP contribution >= 0.6 is 35.3 Å². The van der Waals surface area contributed by atoms with Crippen molar-refractivity contribution < 1.29 is 4.79 Å². The normalized spacial score (nSPS) is 14.5. The first-order valence-electron chi connectivity index (χ1n) is 7.90. The van der Waals surface area contributed by atoms with Gasteiger partial charge in [-0.2, -0.15) is 0 Å². The van der Waals surface area contributed by atoms with Gasteiger partial charge in [0.25, 0.3) is 0 Å². The van der Waals surface area contributed by atoms with Crippen LogP contribution in [0.2, 0.25) is 0 Å². The summed E-state index contributed by atoms with van der Waals surface area (Å²) in [5.41, 5.74) is 0. The lowest BCUT2D eigenvalue weighted by molar-refractivity contribution is -0.129. The maximum Gasteiger partial charge on any atom is 0.224 e. The standard InChI is InChI=1S/C15H25N5OS.HI/c1-3-16-15(19-11-13-18-10-12(2)22-13)17-7-6-14(21)20-8-4-5-9-20;/h10H,3-9,11H2,1-2H3,(H2,16,17,19);1H. The van der Waals surface area contributed by atoms with Gasteiger partial charge in [0, 0.05) is 43.7 Å². The van der Waals surface area contributed by atoms with Gasteiger partial charge in [0.2, 0.25) is 5.91 Å². The van der Waals surface area contributed by atoms with E-state index in [4.69, 9.17) is 0 Å². The van der Waals surface area contributed by atoms with Gasteiger partial charge in [0.15, 0.2) is 5.96 Å². The maximum atomic E-state index is 12.0. The van der Waals surface area contributed by atoms with Crippen molar-refractivity contribution in [1.82, 2.24) is 20.5 Å². The third-order valence-corrected chi connectivity index (χ3v) is 4.37. The number of halogens is 1. The number of carbonyl (C=O) groups is 1. The van der Waals surface area contributed by atoms with Crippen LogP contribution in [0.1, 0.15) is 36.1 Å². The fourth-order valence-corrected chi connectivity index (χ4v) is 3.09. The highest BCUT2D eigenvalue weighted by atomic mass is 127. The third-order valence-electron chi connectivity index (χ3n) is 3.48. The molecule has 1 aromatic heterocycles. The Hall–Kier alpha value is -0.900. The summed E-state index contributed by atoms with van der Waals surface area (Å²) >= 11 is 1.66. The molecule has 8 heteroatoms. The van der Waals surface area contributed by atoms with Crippen LogP contribution in [-0.2, 0) is 11.3 Å². The van der Waals surface area contributed by atoms with Crippen LogP contribution in [0.4, 0.5) is 0 Å². The molecule has 130 valence electrons. The van der Waals surface area contributed by atoms with Crippen LogP contribution < -0.4 is 10.6 Å². The Bertz CT molecular complexity index is 514. The molecule has 1 aliphatic heterocycles. The van der Waals surface area contributed by atoms with Crippen molar-refractivity contribution in [2.24, 2.45) is 4.99 Å². The number of guanidine groups is 1. The van der Waals surface area contributed by atoms with E-state index in [1.165, 1.54) is 4.88 Å². The molecule has 2 heterocycles. The van der Waals surface area contributed by atoms with Crippen LogP contribution in [0, 0.1) is 6.92 Å². The van der Waals surface area contributed by atoms with Gasteiger partial charge in [-0.1, -0.05) is 0 Å². The van der Waals surface area contributed by atoms with Crippen LogP contribution in [-0.4, -0.2) is 47.9 Å². The van der Waals surface area contributed by atoms with Gasteiger partial charge in [0.1, 0.15) is 5.01 Å². The van der Waals surface area contributed by atoms with E-state index in [9.17, 15) is 4.79 Å². The molecule has 6 nitrogen and oxygen atoms in total. The second kappa shape index (κ2) is 10.8. The first-order valence-corrected chi connectivity index (χ1v) is 8.72. The number of likely N-dealkylation sites (tertiary alicyclic amines) is 1. The van der Waals surface area contributed by atoms with E-state index in [0.717, 1.165) is 43.4 Å². The second-order valence-electron chi connectivity index (χ2n) is 5.32. The SMILES string of the molecule is CCNC(=NCc1ncc(C)s1)NCCC(=O)N1CCCC1.I. The molecule has 0 aromatic carbocycles. The van der Waals surface area contributed by atoms with Crippen molar-refractivity contribution in [3.8, 4) is 0 Å². The zero-order chi connectivity index (χ0) is 15.8. The number of thiazole rings is 1. The number of aliphatic imine (C=N–C) groups is 1. The number of aromatic nitrogens is 1. The highest BCUT2D eigenvalue weighted by molar-refractivity contribution is 14.0. The summed E-state index contributed by atoms with van der Waals surface area (Å²) in [6.45, 7) is 7.86. The zero-order valence-electron chi connectivity index (χ0n) is 13.8. The average molecular weight is 451 g/mol. The van der Waals surface area contributed by atoms with Crippen molar-refractivity contribution >= 4 is 47.2 Å². The van der Waals surface area contributed by atoms with Gasteiger partial charge in [0.05, 0.1) is 6.54 Å². The zero-order valence-corrected chi connectivity index (χ0v) is 16.9. The second-order valence-corrected chi connectivity index (χ2v) is 6.64. The summed E-state index contributed by atoms with van der Waals surface area (Å²) in [4.78, 5) is 23.9. The number of hydrogen-bond acceptors (Lipinski definition) is 4. The molecule has 0 spiro atoms. The predicted molar refractivity (Wildman–Crippen MR) is 106 cm³/mol. The molecular formula is C15H26IN5OS. The summed E-state index contributed by atoms with van der Waals surface area (Å²) in [5.74, 6) is 0.973. The topological polar surface area (TPSA) is 69.6 Å². The van der Waals surface area contributed by atoms with E-state index in [0.29, 0.717) is 19.5 Å². The van der Waals surface area contributed by atoms with Crippen molar-refractivity contribution in [1.29, 1.82) is 0 Å². The first-order chi connectivity index (χ1) is 10.7. The van der Waals surface area contributed by atoms with E-state index >= 15 is 0 Å². The molecule has 0 bridgehead atoms. The molecule has 0 unspecified atom stereocenters. The molecule has 1 saturated heterocycles. The van der Waals surface area contributed by atoms with Gasteiger partial charge < -0.3 is 15.5 Å². The lowest BCUT2D eigenvalue weighted by Crippen LogP contribution is -2.39. The number of nitrogens with zero attached hydrogens (tertiary/aromatic N) is 3. The van der Waals surface area contributed by atoms with E-state index < -0.39 is 0 Å². The summed E-state index contributed by atoms with van der Waals surface area (Å²) < 4.78 is 0. The Kier molecular flexibility index (Phi) is 9.46. The van der Waals surface area contributed by atoms with Gasteiger partial charge in [-0.25, -0.2) is 9.98 Å². The smallest absolute Gasteiger partial charge is 0.224 e. The molecule has 1 amide bonds. The minimum Gasteiger partial charge on any atom is -0.357 e. The van der Waals surface area contributed by atoms with Crippen molar-refractivity contribution in [2.75, 3.05) is 26.2 Å². The Morgan fingerprint density at radius 1 is 1.39 bits per heavy atom. The molecule has 0 aliphatic carbocycles. The quantitative estimate of drug-likeness (QED) is 0.395. The maximum absolute atomic E-state index is 12.0. The minimum atomic E-state index is 0.